The van der Waals surface area contributed by atoms with E-state index in [9.17, 15) is 0 Å². The summed E-state index contributed by atoms with van der Waals surface area (Å²) >= 11 is 0. The molecule has 2 aromatic rings. The first-order valence-electron chi connectivity index (χ1n) is 10.0. The Morgan fingerprint density at radius 3 is 1.68 bits per heavy atom. The molecule has 0 aliphatic rings. The van der Waals surface area contributed by atoms with Crippen LogP contribution in [0.25, 0.3) is 0 Å². The Hall–Kier alpha value is -1.38. The minimum Gasteiger partial charge on any atom is -0.427 e. The van der Waals surface area contributed by atoms with Crippen molar-refractivity contribution in [3.63, 3.8) is 0 Å². The molecule has 25 heavy (non-hydrogen) atoms. The van der Waals surface area contributed by atoms with E-state index >= 15 is 0 Å². The largest absolute Gasteiger partial charge is 0.427 e. The Bertz CT molecular complexity index is 501. The van der Waals surface area contributed by atoms with Crippen LogP contribution in [0, 0.1) is 0 Å². The Kier molecular flexibility index (Phi) is 10.3. The van der Waals surface area contributed by atoms with E-state index in [-0.39, 0.29) is 9.76 Å². The first-order valence-corrected chi connectivity index (χ1v) is 11.6. The second kappa shape index (κ2) is 12.9. The zero-order valence-corrected chi connectivity index (χ0v) is 17.2. The van der Waals surface area contributed by atoms with Gasteiger partial charge in [0, 0.05) is 13.0 Å². The monoisotopic (exact) mass is 354 g/mol. The highest BCUT2D eigenvalue weighted by molar-refractivity contribution is 6.26. The normalized spacial score (nSPS) is 11.6. The molecule has 0 unspecified atom stereocenters. The Morgan fingerprint density at radius 2 is 1.16 bits per heavy atom. The maximum Gasteiger partial charge on any atom is 0.161 e. The van der Waals surface area contributed by atoms with Gasteiger partial charge < -0.3 is 4.43 Å². The SMILES string of the molecule is CO[SiH2]CCCCCCCCCC(c1ccccc1)c1ccccc1. The summed E-state index contributed by atoms with van der Waals surface area (Å²) in [6.07, 6.45) is 10.9. The van der Waals surface area contributed by atoms with E-state index in [0.29, 0.717) is 5.92 Å². The van der Waals surface area contributed by atoms with Crippen molar-refractivity contribution in [1.29, 1.82) is 0 Å². The van der Waals surface area contributed by atoms with Crippen LogP contribution in [0.4, 0.5) is 0 Å². The van der Waals surface area contributed by atoms with E-state index in [4.69, 9.17) is 4.43 Å². The van der Waals surface area contributed by atoms with Crippen LogP contribution in [0.5, 0.6) is 0 Å². The van der Waals surface area contributed by atoms with Gasteiger partial charge in [-0.2, -0.15) is 0 Å². The minimum absolute atomic E-state index is 0.186. The summed E-state index contributed by atoms with van der Waals surface area (Å²) in [7, 11) is 1.67. The van der Waals surface area contributed by atoms with Gasteiger partial charge in [-0.1, -0.05) is 106 Å². The molecule has 1 nitrogen and oxygen atoms in total. The number of hydrogen-bond donors (Lipinski definition) is 0. The van der Waals surface area contributed by atoms with E-state index in [1.54, 1.807) is 0 Å². The zero-order valence-electron chi connectivity index (χ0n) is 15.8. The Balaban J connectivity index is 1.69. The zero-order chi connectivity index (χ0) is 17.6. The lowest BCUT2D eigenvalue weighted by molar-refractivity contribution is 0.438. The third kappa shape index (κ3) is 8.02. The molecule has 0 aromatic heterocycles. The molecular weight excluding hydrogens is 320 g/mol. The van der Waals surface area contributed by atoms with Crippen LogP contribution in [-0.4, -0.2) is 16.9 Å². The van der Waals surface area contributed by atoms with E-state index in [1.165, 1.54) is 68.5 Å². The predicted molar refractivity (Wildman–Crippen MR) is 112 cm³/mol. The molecule has 0 saturated heterocycles. The first kappa shape index (κ1) is 19.9. The molecule has 0 atom stereocenters. The van der Waals surface area contributed by atoms with E-state index in [2.05, 4.69) is 60.7 Å². The average Bonchev–Trinajstić information content (AvgIpc) is 2.67. The van der Waals surface area contributed by atoms with Crippen molar-refractivity contribution >= 4 is 9.76 Å². The number of hydrogen-bond acceptors (Lipinski definition) is 1. The van der Waals surface area contributed by atoms with Gasteiger partial charge in [0.25, 0.3) is 0 Å². The van der Waals surface area contributed by atoms with Gasteiger partial charge in [0.2, 0.25) is 0 Å². The summed E-state index contributed by atoms with van der Waals surface area (Å²) in [5.41, 5.74) is 2.91. The van der Waals surface area contributed by atoms with Crippen molar-refractivity contribution in [3.05, 3.63) is 71.8 Å². The molecular formula is C23H34OSi. The van der Waals surface area contributed by atoms with Crippen LogP contribution in [0.2, 0.25) is 6.04 Å². The second-order valence-corrected chi connectivity index (χ2v) is 8.68. The summed E-state index contributed by atoms with van der Waals surface area (Å²) in [5, 5.41) is 0. The fourth-order valence-corrected chi connectivity index (χ4v) is 4.40. The molecule has 0 N–H and O–H groups in total. The highest BCUT2D eigenvalue weighted by atomic mass is 28.2. The van der Waals surface area contributed by atoms with E-state index in [1.807, 2.05) is 7.11 Å². The van der Waals surface area contributed by atoms with E-state index in [0.717, 1.165) is 0 Å². The van der Waals surface area contributed by atoms with Crippen molar-refractivity contribution in [2.45, 2.75) is 63.3 Å². The number of unbranched alkanes of at least 4 members (excludes halogenated alkanes) is 6. The quantitative estimate of drug-likeness (QED) is 0.312. The van der Waals surface area contributed by atoms with Crippen LogP contribution >= 0.6 is 0 Å². The highest BCUT2D eigenvalue weighted by Crippen LogP contribution is 2.30. The van der Waals surface area contributed by atoms with Crippen LogP contribution in [0.1, 0.15) is 68.4 Å². The first-order chi connectivity index (χ1) is 12.4. The third-order valence-electron chi connectivity index (χ3n) is 5.00. The van der Waals surface area contributed by atoms with Crippen molar-refractivity contribution in [2.75, 3.05) is 7.11 Å². The molecule has 0 aliphatic heterocycles. The fraction of sp³-hybridized carbons (Fsp3) is 0.478. The summed E-state index contributed by atoms with van der Waals surface area (Å²) in [4.78, 5) is 0. The smallest absolute Gasteiger partial charge is 0.161 e. The van der Waals surface area contributed by atoms with Crippen LogP contribution in [0.15, 0.2) is 60.7 Å². The standard InChI is InChI=1S/C23H34OSi/c1-24-25-20-14-6-4-2-3-5-13-19-23(21-15-9-7-10-16-21)22-17-11-8-12-18-22/h7-12,15-18,23H,2-6,13-14,19-20,25H2,1H3. The number of rotatable bonds is 13. The lowest BCUT2D eigenvalue weighted by atomic mass is 9.87. The minimum atomic E-state index is -0.186. The summed E-state index contributed by atoms with van der Waals surface area (Å²) < 4.78 is 5.24. The van der Waals surface area contributed by atoms with Crippen molar-refractivity contribution in [3.8, 4) is 0 Å². The topological polar surface area (TPSA) is 9.23 Å². The summed E-state index contributed by atoms with van der Waals surface area (Å²) in [5.74, 6) is 0.543. The molecule has 2 rings (SSSR count). The molecule has 0 amide bonds. The van der Waals surface area contributed by atoms with Crippen LogP contribution in [0.3, 0.4) is 0 Å². The molecule has 0 saturated carbocycles. The second-order valence-electron chi connectivity index (χ2n) is 6.98. The molecule has 0 aliphatic carbocycles. The van der Waals surface area contributed by atoms with Crippen molar-refractivity contribution in [1.82, 2.24) is 0 Å². The third-order valence-corrected chi connectivity index (χ3v) is 6.19. The van der Waals surface area contributed by atoms with Gasteiger partial charge in [0.1, 0.15) is 0 Å². The molecule has 0 heterocycles. The Morgan fingerprint density at radius 1 is 0.680 bits per heavy atom. The fourth-order valence-electron chi connectivity index (χ4n) is 3.55. The van der Waals surface area contributed by atoms with Crippen molar-refractivity contribution < 1.29 is 4.43 Å². The van der Waals surface area contributed by atoms with Crippen LogP contribution in [-0.2, 0) is 4.43 Å². The highest BCUT2D eigenvalue weighted by Gasteiger charge is 2.13. The Labute approximate surface area is 156 Å². The molecule has 2 heteroatoms. The summed E-state index contributed by atoms with van der Waals surface area (Å²) in [6.45, 7) is 0. The van der Waals surface area contributed by atoms with Gasteiger partial charge >= 0.3 is 0 Å². The molecule has 0 fully saturated rings. The number of benzene rings is 2. The van der Waals surface area contributed by atoms with E-state index < -0.39 is 0 Å². The molecule has 0 radical (unpaired) electrons. The lowest BCUT2D eigenvalue weighted by Crippen LogP contribution is -2.01. The van der Waals surface area contributed by atoms with Crippen LogP contribution < -0.4 is 0 Å². The van der Waals surface area contributed by atoms with Gasteiger partial charge in [-0.15, -0.1) is 0 Å². The van der Waals surface area contributed by atoms with Gasteiger partial charge in [0.15, 0.2) is 9.76 Å². The van der Waals surface area contributed by atoms with Gasteiger partial charge in [-0.3, -0.25) is 0 Å². The molecule has 136 valence electrons. The lowest BCUT2D eigenvalue weighted by Gasteiger charge is -2.18. The van der Waals surface area contributed by atoms with Gasteiger partial charge in [0.05, 0.1) is 0 Å². The predicted octanol–water partition coefficient (Wildman–Crippen LogP) is 6.09. The summed E-state index contributed by atoms with van der Waals surface area (Å²) in [6, 6.07) is 23.3. The van der Waals surface area contributed by atoms with Gasteiger partial charge in [-0.25, -0.2) is 0 Å². The average molecular weight is 355 g/mol. The molecule has 2 aromatic carbocycles. The van der Waals surface area contributed by atoms with Gasteiger partial charge in [-0.05, 0) is 23.6 Å². The molecule has 0 spiro atoms. The van der Waals surface area contributed by atoms with Crippen molar-refractivity contribution in [2.24, 2.45) is 0 Å². The maximum atomic E-state index is 5.24. The maximum absolute atomic E-state index is 5.24. The molecule has 0 bridgehead atoms.